The summed E-state index contributed by atoms with van der Waals surface area (Å²) >= 11 is 1.24. The van der Waals surface area contributed by atoms with Crippen LogP contribution in [-0.4, -0.2) is 53.0 Å². The second kappa shape index (κ2) is 7.67. The number of hydrogen-bond acceptors (Lipinski definition) is 6. The Balaban J connectivity index is 1.80. The van der Waals surface area contributed by atoms with Crippen LogP contribution in [-0.2, 0) is 19.1 Å². The number of nitrogens with zero attached hydrogens (tertiary/aromatic N) is 1. The Hall–Kier alpha value is -1.77. The first-order valence-electron chi connectivity index (χ1n) is 7.59. The van der Waals surface area contributed by atoms with Crippen LogP contribution in [0.3, 0.4) is 0 Å². The number of nitrogens with one attached hydrogen (secondary N) is 2. The molecule has 9 heteroatoms. The topological polar surface area (TPSA) is 105 Å². The molecule has 1 heterocycles. The van der Waals surface area contributed by atoms with Crippen molar-refractivity contribution < 1.29 is 23.9 Å². The largest absolute Gasteiger partial charge is 0.469 e. The first-order valence-corrected chi connectivity index (χ1v) is 8.75. The maximum Gasteiger partial charge on any atom is 0.344 e. The van der Waals surface area contributed by atoms with Crippen LogP contribution in [0.4, 0.5) is 4.79 Å². The van der Waals surface area contributed by atoms with E-state index in [0.29, 0.717) is 18.6 Å². The van der Waals surface area contributed by atoms with Gasteiger partial charge >= 0.3 is 12.0 Å². The van der Waals surface area contributed by atoms with Crippen molar-refractivity contribution in [2.75, 3.05) is 18.6 Å². The highest BCUT2D eigenvalue weighted by Gasteiger charge is 2.52. The van der Waals surface area contributed by atoms with Crippen molar-refractivity contribution in [3.05, 3.63) is 0 Å². The summed E-state index contributed by atoms with van der Waals surface area (Å²) in [6.45, 7) is 0. The Morgan fingerprint density at radius 1 is 1.30 bits per heavy atom. The van der Waals surface area contributed by atoms with Gasteiger partial charge in [-0.05, 0) is 12.8 Å². The molecule has 1 aliphatic heterocycles. The van der Waals surface area contributed by atoms with Crippen molar-refractivity contribution in [1.29, 1.82) is 0 Å². The van der Waals surface area contributed by atoms with E-state index < -0.39 is 17.5 Å². The van der Waals surface area contributed by atoms with Gasteiger partial charge in [0.15, 0.2) is 0 Å². The summed E-state index contributed by atoms with van der Waals surface area (Å²) in [4.78, 5) is 47.2. The summed E-state index contributed by atoms with van der Waals surface area (Å²) in [6, 6.07) is -0.579. The Kier molecular flexibility index (Phi) is 5.86. The minimum absolute atomic E-state index is 0.0566. The number of thioether (sulfide) groups is 1. The van der Waals surface area contributed by atoms with E-state index in [2.05, 4.69) is 15.5 Å². The zero-order valence-corrected chi connectivity index (χ0v) is 13.9. The van der Waals surface area contributed by atoms with E-state index in [9.17, 15) is 19.2 Å². The molecule has 2 rings (SSSR count). The van der Waals surface area contributed by atoms with Crippen LogP contribution in [0.5, 0.6) is 0 Å². The number of amides is 4. The zero-order chi connectivity index (χ0) is 16.9. The van der Waals surface area contributed by atoms with Crippen molar-refractivity contribution in [1.82, 2.24) is 15.8 Å². The molecule has 1 saturated carbocycles. The molecule has 0 aromatic carbocycles. The number of imide groups is 1. The van der Waals surface area contributed by atoms with Crippen molar-refractivity contribution in [3.63, 3.8) is 0 Å². The lowest BCUT2D eigenvalue weighted by Crippen LogP contribution is -2.51. The molecule has 1 spiro atoms. The van der Waals surface area contributed by atoms with Crippen molar-refractivity contribution >= 4 is 35.6 Å². The lowest BCUT2D eigenvalue weighted by Gasteiger charge is -2.30. The predicted molar refractivity (Wildman–Crippen MR) is 83.3 cm³/mol. The minimum Gasteiger partial charge on any atom is -0.469 e. The third kappa shape index (κ3) is 4.15. The van der Waals surface area contributed by atoms with Gasteiger partial charge in [0.05, 0.1) is 19.3 Å². The quantitative estimate of drug-likeness (QED) is 0.415. The van der Waals surface area contributed by atoms with Gasteiger partial charge in [0, 0.05) is 5.75 Å². The fourth-order valence-electron chi connectivity index (χ4n) is 2.80. The summed E-state index contributed by atoms with van der Waals surface area (Å²) in [5.74, 6) is -0.678. The molecular formula is C14H21N3O5S. The highest BCUT2D eigenvalue weighted by Crippen LogP contribution is 2.32. The van der Waals surface area contributed by atoms with Gasteiger partial charge in [-0.2, -0.15) is 16.8 Å². The zero-order valence-electron chi connectivity index (χ0n) is 13.1. The maximum absolute atomic E-state index is 12.4. The molecule has 4 amide bonds. The number of methoxy groups -OCH3 is 1. The van der Waals surface area contributed by atoms with E-state index in [0.717, 1.165) is 24.3 Å². The average Bonchev–Trinajstić information content (AvgIpc) is 2.76. The molecule has 0 unspecified atom stereocenters. The van der Waals surface area contributed by atoms with E-state index in [-0.39, 0.29) is 24.1 Å². The highest BCUT2D eigenvalue weighted by atomic mass is 32.2. The number of carbonyl (C=O) groups is 4. The van der Waals surface area contributed by atoms with Crippen LogP contribution in [0.1, 0.15) is 38.5 Å². The molecule has 0 aromatic heterocycles. The van der Waals surface area contributed by atoms with E-state index in [1.54, 1.807) is 0 Å². The van der Waals surface area contributed by atoms with Crippen molar-refractivity contribution in [2.45, 2.75) is 44.1 Å². The van der Waals surface area contributed by atoms with Gasteiger partial charge in [-0.15, -0.1) is 0 Å². The maximum atomic E-state index is 12.4. The lowest BCUT2D eigenvalue weighted by atomic mass is 9.82. The van der Waals surface area contributed by atoms with E-state index in [1.807, 2.05) is 0 Å². The van der Waals surface area contributed by atoms with Crippen molar-refractivity contribution in [2.24, 2.45) is 0 Å². The van der Waals surface area contributed by atoms with Gasteiger partial charge in [0.25, 0.3) is 5.91 Å². The SMILES string of the molecule is COC(=O)CCSCC(=O)NN1C(=O)NC2(CCCCC2)C1=O. The molecule has 2 aliphatic rings. The summed E-state index contributed by atoms with van der Waals surface area (Å²) in [5, 5.41) is 3.51. The van der Waals surface area contributed by atoms with E-state index >= 15 is 0 Å². The third-order valence-corrected chi connectivity index (χ3v) is 4.98. The Labute approximate surface area is 138 Å². The number of carbonyl (C=O) groups excluding carboxylic acids is 4. The van der Waals surface area contributed by atoms with Crippen LogP contribution in [0.15, 0.2) is 0 Å². The molecule has 1 aliphatic carbocycles. The molecule has 0 aromatic rings. The lowest BCUT2D eigenvalue weighted by molar-refractivity contribution is -0.140. The highest BCUT2D eigenvalue weighted by molar-refractivity contribution is 7.99. The summed E-state index contributed by atoms with van der Waals surface area (Å²) in [7, 11) is 1.30. The van der Waals surface area contributed by atoms with Gasteiger partial charge in [0.2, 0.25) is 5.91 Å². The van der Waals surface area contributed by atoms with Crippen LogP contribution < -0.4 is 10.7 Å². The number of hydrazine groups is 1. The number of rotatable bonds is 6. The summed E-state index contributed by atoms with van der Waals surface area (Å²) < 4.78 is 4.50. The van der Waals surface area contributed by atoms with E-state index in [4.69, 9.17) is 0 Å². The molecule has 8 nitrogen and oxygen atoms in total. The molecular weight excluding hydrogens is 322 g/mol. The summed E-state index contributed by atoms with van der Waals surface area (Å²) in [6.07, 6.45) is 4.25. The molecule has 2 N–H and O–H groups in total. The number of urea groups is 1. The molecule has 23 heavy (non-hydrogen) atoms. The Morgan fingerprint density at radius 3 is 2.65 bits per heavy atom. The minimum atomic E-state index is -0.847. The van der Waals surface area contributed by atoms with Gasteiger partial charge in [-0.3, -0.25) is 19.8 Å². The fourth-order valence-corrected chi connectivity index (χ4v) is 3.50. The molecule has 1 saturated heterocycles. The Bertz CT molecular complexity index is 505. The van der Waals surface area contributed by atoms with Crippen LogP contribution in [0.25, 0.3) is 0 Å². The molecule has 0 atom stereocenters. The van der Waals surface area contributed by atoms with Crippen molar-refractivity contribution in [3.8, 4) is 0 Å². The van der Waals surface area contributed by atoms with Gasteiger partial charge in [-0.25, -0.2) is 4.79 Å². The second-order valence-corrected chi connectivity index (χ2v) is 6.73. The molecule has 0 bridgehead atoms. The summed E-state index contributed by atoms with van der Waals surface area (Å²) in [5.41, 5.74) is 1.50. The predicted octanol–water partition coefficient (Wildman–Crippen LogP) is 0.569. The van der Waals surface area contributed by atoms with Crippen LogP contribution in [0, 0.1) is 0 Å². The number of esters is 1. The number of hydrogen-bond donors (Lipinski definition) is 2. The average molecular weight is 343 g/mol. The van der Waals surface area contributed by atoms with Gasteiger partial charge < -0.3 is 10.1 Å². The normalized spacial score (nSPS) is 19.6. The van der Waals surface area contributed by atoms with Crippen LogP contribution >= 0.6 is 11.8 Å². The monoisotopic (exact) mass is 343 g/mol. The second-order valence-electron chi connectivity index (χ2n) is 5.63. The third-order valence-electron chi connectivity index (χ3n) is 4.02. The van der Waals surface area contributed by atoms with Crippen LogP contribution in [0.2, 0.25) is 0 Å². The standard InChI is InChI=1S/C14H21N3O5S/c1-22-11(19)5-8-23-9-10(18)16-17-12(20)14(15-13(17)21)6-3-2-4-7-14/h2-9H2,1H3,(H,15,21)(H,16,18). The smallest absolute Gasteiger partial charge is 0.344 e. The van der Waals surface area contributed by atoms with E-state index in [1.165, 1.54) is 18.9 Å². The first-order chi connectivity index (χ1) is 11.0. The molecule has 0 radical (unpaired) electrons. The molecule has 2 fully saturated rings. The number of ether oxygens (including phenoxy) is 1. The Morgan fingerprint density at radius 2 is 2.00 bits per heavy atom. The first kappa shape index (κ1) is 17.6. The van der Waals surface area contributed by atoms with Gasteiger partial charge in [0.1, 0.15) is 5.54 Å². The molecule has 128 valence electrons. The van der Waals surface area contributed by atoms with Gasteiger partial charge in [-0.1, -0.05) is 19.3 Å². The fraction of sp³-hybridized carbons (Fsp3) is 0.714.